The van der Waals surface area contributed by atoms with Crippen molar-refractivity contribution in [1.29, 1.82) is 5.26 Å². The number of hydrogen-bond acceptors (Lipinski definition) is 3. The van der Waals surface area contributed by atoms with Gasteiger partial charge < -0.3 is 4.74 Å². The molecule has 2 aromatic rings. The third kappa shape index (κ3) is 3.01. The van der Waals surface area contributed by atoms with Crippen LogP contribution in [0.3, 0.4) is 0 Å². The lowest BCUT2D eigenvalue weighted by Crippen LogP contribution is -2.40. The SMILES string of the molecule is N#C[C@H](c1ccccc1F)N1CCO[C@H](c2ccccc2)C1. The van der Waals surface area contributed by atoms with Crippen molar-refractivity contribution in [3.8, 4) is 6.07 Å². The van der Waals surface area contributed by atoms with Gasteiger partial charge in [-0.15, -0.1) is 0 Å². The highest BCUT2D eigenvalue weighted by Gasteiger charge is 2.29. The standard InChI is InChI=1S/C18H17FN2O/c19-16-9-5-4-8-15(16)17(12-20)21-10-11-22-18(13-21)14-6-2-1-3-7-14/h1-9,17-18H,10-11,13H2/t17-,18+/m1/s1. The molecule has 22 heavy (non-hydrogen) atoms. The van der Waals surface area contributed by atoms with Crippen LogP contribution in [0.5, 0.6) is 0 Å². The Morgan fingerprint density at radius 2 is 1.86 bits per heavy atom. The van der Waals surface area contributed by atoms with Crippen LogP contribution in [0, 0.1) is 17.1 Å². The molecule has 2 atom stereocenters. The van der Waals surface area contributed by atoms with Gasteiger partial charge in [0.05, 0.1) is 18.8 Å². The lowest BCUT2D eigenvalue weighted by atomic mass is 10.0. The molecule has 1 fully saturated rings. The molecule has 1 saturated heterocycles. The van der Waals surface area contributed by atoms with E-state index in [1.54, 1.807) is 18.2 Å². The Balaban J connectivity index is 1.82. The average Bonchev–Trinajstić information content (AvgIpc) is 2.58. The number of nitrogens with zero attached hydrogens (tertiary/aromatic N) is 2. The summed E-state index contributed by atoms with van der Waals surface area (Å²) in [7, 11) is 0. The Labute approximate surface area is 129 Å². The van der Waals surface area contributed by atoms with E-state index in [1.807, 2.05) is 35.2 Å². The summed E-state index contributed by atoms with van der Waals surface area (Å²) in [5.41, 5.74) is 1.51. The molecule has 0 bridgehead atoms. The molecule has 0 unspecified atom stereocenters. The third-order valence-electron chi connectivity index (χ3n) is 3.96. The van der Waals surface area contributed by atoms with Crippen LogP contribution >= 0.6 is 0 Å². The highest BCUT2D eigenvalue weighted by Crippen LogP contribution is 2.29. The summed E-state index contributed by atoms with van der Waals surface area (Å²) < 4.78 is 19.8. The van der Waals surface area contributed by atoms with E-state index in [9.17, 15) is 9.65 Å². The summed E-state index contributed by atoms with van der Waals surface area (Å²) in [6.07, 6.45) is -0.0856. The molecule has 1 aliphatic heterocycles. The van der Waals surface area contributed by atoms with E-state index >= 15 is 0 Å². The smallest absolute Gasteiger partial charge is 0.129 e. The van der Waals surface area contributed by atoms with E-state index in [1.165, 1.54) is 6.07 Å². The first-order valence-corrected chi connectivity index (χ1v) is 7.34. The molecule has 0 spiro atoms. The van der Waals surface area contributed by atoms with E-state index in [0.717, 1.165) is 5.56 Å². The van der Waals surface area contributed by atoms with Crippen molar-refractivity contribution in [1.82, 2.24) is 4.90 Å². The minimum absolute atomic E-state index is 0.0856. The number of rotatable bonds is 3. The zero-order valence-corrected chi connectivity index (χ0v) is 12.2. The van der Waals surface area contributed by atoms with Gasteiger partial charge in [-0.05, 0) is 11.6 Å². The number of halogens is 1. The maximum atomic E-state index is 14.0. The van der Waals surface area contributed by atoms with Gasteiger partial charge >= 0.3 is 0 Å². The van der Waals surface area contributed by atoms with E-state index in [0.29, 0.717) is 25.3 Å². The second kappa shape index (κ2) is 6.69. The molecular weight excluding hydrogens is 279 g/mol. The highest BCUT2D eigenvalue weighted by atomic mass is 19.1. The van der Waals surface area contributed by atoms with Gasteiger partial charge in [0, 0.05) is 18.7 Å². The fraction of sp³-hybridized carbons (Fsp3) is 0.278. The topological polar surface area (TPSA) is 36.3 Å². The zero-order valence-electron chi connectivity index (χ0n) is 12.2. The quantitative estimate of drug-likeness (QED) is 0.870. The molecule has 0 aromatic heterocycles. The molecule has 1 heterocycles. The second-order valence-corrected chi connectivity index (χ2v) is 5.32. The summed E-state index contributed by atoms with van der Waals surface area (Å²) in [6, 6.07) is 18.0. The van der Waals surface area contributed by atoms with Gasteiger partial charge in [-0.3, -0.25) is 4.90 Å². The number of nitriles is 1. The molecule has 4 heteroatoms. The molecule has 0 radical (unpaired) electrons. The Morgan fingerprint density at radius 3 is 2.59 bits per heavy atom. The highest BCUT2D eigenvalue weighted by molar-refractivity contribution is 5.26. The molecule has 2 aromatic carbocycles. The average molecular weight is 296 g/mol. The Bertz CT molecular complexity index is 668. The van der Waals surface area contributed by atoms with Gasteiger partial charge in [-0.25, -0.2) is 4.39 Å². The summed E-state index contributed by atoms with van der Waals surface area (Å²) in [5, 5.41) is 9.51. The van der Waals surface area contributed by atoms with Crippen molar-refractivity contribution in [3.05, 3.63) is 71.5 Å². The van der Waals surface area contributed by atoms with Gasteiger partial charge in [-0.1, -0.05) is 48.5 Å². The van der Waals surface area contributed by atoms with Crippen molar-refractivity contribution in [2.24, 2.45) is 0 Å². The Hall–Kier alpha value is -2.22. The van der Waals surface area contributed by atoms with Crippen LogP contribution in [0.2, 0.25) is 0 Å². The third-order valence-corrected chi connectivity index (χ3v) is 3.96. The van der Waals surface area contributed by atoms with Gasteiger partial charge in [0.15, 0.2) is 0 Å². The summed E-state index contributed by atoms with van der Waals surface area (Å²) in [4.78, 5) is 1.99. The van der Waals surface area contributed by atoms with Crippen LogP contribution in [0.25, 0.3) is 0 Å². The second-order valence-electron chi connectivity index (χ2n) is 5.32. The van der Waals surface area contributed by atoms with Crippen molar-refractivity contribution in [2.45, 2.75) is 12.1 Å². The minimum atomic E-state index is -0.587. The van der Waals surface area contributed by atoms with Crippen LogP contribution in [0.4, 0.5) is 4.39 Å². The summed E-state index contributed by atoms with van der Waals surface area (Å²) >= 11 is 0. The molecular formula is C18H17FN2O. The first-order valence-electron chi connectivity index (χ1n) is 7.34. The lowest BCUT2D eigenvalue weighted by Gasteiger charge is -2.35. The fourth-order valence-corrected chi connectivity index (χ4v) is 2.82. The molecule has 3 rings (SSSR count). The molecule has 0 N–H and O–H groups in total. The van der Waals surface area contributed by atoms with Gasteiger partial charge in [0.2, 0.25) is 0 Å². The summed E-state index contributed by atoms with van der Waals surface area (Å²) in [6.45, 7) is 1.73. The van der Waals surface area contributed by atoms with Crippen LogP contribution in [0.1, 0.15) is 23.3 Å². The van der Waals surface area contributed by atoms with Crippen molar-refractivity contribution >= 4 is 0 Å². The molecule has 0 aliphatic carbocycles. The van der Waals surface area contributed by atoms with E-state index in [-0.39, 0.29) is 11.9 Å². The zero-order chi connectivity index (χ0) is 15.4. The van der Waals surface area contributed by atoms with E-state index in [2.05, 4.69) is 6.07 Å². The first-order chi connectivity index (χ1) is 10.8. The van der Waals surface area contributed by atoms with Gasteiger partial charge in [0.1, 0.15) is 11.9 Å². The first kappa shape index (κ1) is 14.7. The molecule has 0 amide bonds. The van der Waals surface area contributed by atoms with E-state index in [4.69, 9.17) is 4.74 Å². The molecule has 112 valence electrons. The number of hydrogen-bond donors (Lipinski definition) is 0. The maximum absolute atomic E-state index is 14.0. The van der Waals surface area contributed by atoms with Crippen LogP contribution in [0.15, 0.2) is 54.6 Å². The lowest BCUT2D eigenvalue weighted by molar-refractivity contribution is -0.0387. The van der Waals surface area contributed by atoms with Crippen molar-refractivity contribution < 1.29 is 9.13 Å². The number of ether oxygens (including phenoxy) is 1. The predicted molar refractivity (Wildman–Crippen MR) is 81.5 cm³/mol. The fourth-order valence-electron chi connectivity index (χ4n) is 2.82. The van der Waals surface area contributed by atoms with Gasteiger partial charge in [0.25, 0.3) is 0 Å². The normalized spacial score (nSPS) is 20.3. The largest absolute Gasteiger partial charge is 0.371 e. The van der Waals surface area contributed by atoms with Crippen LogP contribution in [-0.2, 0) is 4.74 Å². The number of morpholine rings is 1. The van der Waals surface area contributed by atoms with Crippen molar-refractivity contribution in [3.63, 3.8) is 0 Å². The Morgan fingerprint density at radius 1 is 1.14 bits per heavy atom. The predicted octanol–water partition coefficient (Wildman–Crippen LogP) is 3.46. The minimum Gasteiger partial charge on any atom is -0.371 e. The van der Waals surface area contributed by atoms with Crippen molar-refractivity contribution in [2.75, 3.05) is 19.7 Å². The Kier molecular flexibility index (Phi) is 4.47. The van der Waals surface area contributed by atoms with Crippen LogP contribution < -0.4 is 0 Å². The number of benzene rings is 2. The molecule has 0 saturated carbocycles. The monoisotopic (exact) mass is 296 g/mol. The van der Waals surface area contributed by atoms with E-state index < -0.39 is 6.04 Å². The maximum Gasteiger partial charge on any atom is 0.129 e. The molecule has 1 aliphatic rings. The van der Waals surface area contributed by atoms with Gasteiger partial charge in [-0.2, -0.15) is 5.26 Å². The summed E-state index contributed by atoms with van der Waals surface area (Å²) in [5.74, 6) is -0.336. The molecule has 3 nitrogen and oxygen atoms in total. The van der Waals surface area contributed by atoms with Crippen LogP contribution in [-0.4, -0.2) is 24.6 Å².